The number of nitrogens with one attached hydrogen (secondary N) is 1. The number of rotatable bonds is 7. The Morgan fingerprint density at radius 1 is 1.17 bits per heavy atom. The maximum atomic E-state index is 13.8. The Bertz CT molecular complexity index is 1230. The van der Waals surface area contributed by atoms with Gasteiger partial charge in [0.2, 0.25) is 11.8 Å². The standard InChI is InChI=1S/C25H32N8O3/c1-25(2,3)22(33-14-19(28-30-33)16-9-10-16)24(36)31-13-18(34)11-20(31)23(35)26-12-21-29-27-15-32(21)17-7-5-4-6-8-17/h4-8,14-16,18,20,22,34H,9-13H2,1-3H3,(H,26,35)/t18-,20+,22-/m1/s1. The van der Waals surface area contributed by atoms with Crippen LogP contribution in [0.2, 0.25) is 0 Å². The molecule has 0 spiro atoms. The van der Waals surface area contributed by atoms with E-state index in [0.717, 1.165) is 24.2 Å². The zero-order valence-corrected chi connectivity index (χ0v) is 20.8. The number of carbonyl (C=O) groups is 2. The summed E-state index contributed by atoms with van der Waals surface area (Å²) in [4.78, 5) is 28.6. The first-order valence-electron chi connectivity index (χ1n) is 12.3. The highest BCUT2D eigenvalue weighted by Crippen LogP contribution is 2.40. The first kappa shape index (κ1) is 24.1. The van der Waals surface area contributed by atoms with Crippen LogP contribution in [0.3, 0.4) is 0 Å². The van der Waals surface area contributed by atoms with Crippen LogP contribution in [0.5, 0.6) is 0 Å². The Morgan fingerprint density at radius 2 is 1.92 bits per heavy atom. The number of hydrogen-bond acceptors (Lipinski definition) is 7. The Labute approximate surface area is 209 Å². The van der Waals surface area contributed by atoms with Crippen LogP contribution in [0.4, 0.5) is 0 Å². The van der Waals surface area contributed by atoms with E-state index in [1.807, 2.05) is 57.3 Å². The molecule has 11 heteroatoms. The second-order valence-electron chi connectivity index (χ2n) is 10.7. The van der Waals surface area contributed by atoms with Crippen molar-refractivity contribution in [1.29, 1.82) is 0 Å². The van der Waals surface area contributed by atoms with Gasteiger partial charge in [-0.15, -0.1) is 15.3 Å². The third kappa shape index (κ3) is 4.88. The van der Waals surface area contributed by atoms with E-state index in [9.17, 15) is 14.7 Å². The number of aromatic nitrogens is 6. The van der Waals surface area contributed by atoms with Crippen LogP contribution < -0.4 is 5.32 Å². The summed E-state index contributed by atoms with van der Waals surface area (Å²) in [7, 11) is 0. The van der Waals surface area contributed by atoms with Crippen LogP contribution >= 0.6 is 0 Å². The minimum atomic E-state index is -0.795. The topological polar surface area (TPSA) is 131 Å². The van der Waals surface area contributed by atoms with Crippen LogP contribution in [-0.2, 0) is 16.1 Å². The molecule has 2 aliphatic rings. The molecule has 3 heterocycles. The van der Waals surface area contributed by atoms with E-state index in [4.69, 9.17) is 0 Å². The van der Waals surface area contributed by atoms with Gasteiger partial charge >= 0.3 is 0 Å². The van der Waals surface area contributed by atoms with Crippen molar-refractivity contribution in [3.8, 4) is 5.69 Å². The quantitative estimate of drug-likeness (QED) is 0.512. The first-order chi connectivity index (χ1) is 17.2. The van der Waals surface area contributed by atoms with Gasteiger partial charge in [-0.25, -0.2) is 4.68 Å². The molecular weight excluding hydrogens is 460 g/mol. The smallest absolute Gasteiger partial charge is 0.248 e. The Balaban J connectivity index is 1.32. The number of hydrogen-bond donors (Lipinski definition) is 2. The predicted octanol–water partition coefficient (Wildman–Crippen LogP) is 1.60. The highest BCUT2D eigenvalue weighted by Gasteiger charge is 2.45. The van der Waals surface area contributed by atoms with Gasteiger partial charge in [-0.3, -0.25) is 14.2 Å². The third-order valence-corrected chi connectivity index (χ3v) is 6.78. The summed E-state index contributed by atoms with van der Waals surface area (Å²) in [6, 6.07) is 8.15. The Morgan fingerprint density at radius 3 is 2.61 bits per heavy atom. The lowest BCUT2D eigenvalue weighted by molar-refractivity contribution is -0.144. The number of amides is 2. The molecule has 2 N–H and O–H groups in total. The van der Waals surface area contributed by atoms with Crippen LogP contribution in [0.25, 0.3) is 5.69 Å². The highest BCUT2D eigenvalue weighted by molar-refractivity contribution is 5.90. The zero-order chi connectivity index (χ0) is 25.4. The summed E-state index contributed by atoms with van der Waals surface area (Å²) in [6.07, 6.45) is 5.01. The molecule has 3 atom stereocenters. The number of para-hydroxylation sites is 1. The molecule has 1 aliphatic heterocycles. The molecule has 1 saturated heterocycles. The van der Waals surface area contributed by atoms with Crippen LogP contribution in [0, 0.1) is 5.41 Å². The Kier molecular flexibility index (Phi) is 6.33. The number of carbonyl (C=O) groups excluding carboxylic acids is 2. The first-order valence-corrected chi connectivity index (χ1v) is 12.3. The van der Waals surface area contributed by atoms with E-state index in [1.54, 1.807) is 15.6 Å². The van der Waals surface area contributed by atoms with Gasteiger partial charge in [0.15, 0.2) is 5.82 Å². The molecular formula is C25H32N8O3. The summed E-state index contributed by atoms with van der Waals surface area (Å²) < 4.78 is 3.42. The molecule has 11 nitrogen and oxygen atoms in total. The fourth-order valence-corrected chi connectivity index (χ4v) is 4.79. The molecule has 2 amide bonds. The number of nitrogens with zero attached hydrogens (tertiary/aromatic N) is 7. The lowest BCUT2D eigenvalue weighted by Gasteiger charge is -2.34. The average molecular weight is 493 g/mol. The average Bonchev–Trinajstić information content (AvgIpc) is 3.22. The fourth-order valence-electron chi connectivity index (χ4n) is 4.79. The molecule has 2 aromatic heterocycles. The van der Waals surface area contributed by atoms with Gasteiger partial charge in [-0.1, -0.05) is 44.2 Å². The van der Waals surface area contributed by atoms with Crippen LogP contribution in [-0.4, -0.2) is 70.3 Å². The van der Waals surface area contributed by atoms with Gasteiger partial charge in [0.25, 0.3) is 0 Å². The van der Waals surface area contributed by atoms with Gasteiger partial charge in [-0.05, 0) is 30.4 Å². The Hall–Kier alpha value is -3.60. The van der Waals surface area contributed by atoms with Crippen molar-refractivity contribution >= 4 is 11.8 Å². The number of benzene rings is 1. The van der Waals surface area contributed by atoms with Gasteiger partial charge in [0, 0.05) is 30.8 Å². The minimum absolute atomic E-state index is 0.0911. The van der Waals surface area contributed by atoms with Crippen molar-refractivity contribution in [1.82, 2.24) is 40.0 Å². The minimum Gasteiger partial charge on any atom is -0.391 e. The lowest BCUT2D eigenvalue weighted by atomic mass is 9.85. The normalized spacial score (nSPS) is 20.9. The van der Waals surface area contributed by atoms with Gasteiger partial charge < -0.3 is 15.3 Å². The monoisotopic (exact) mass is 492 g/mol. The lowest BCUT2D eigenvalue weighted by Crippen LogP contribution is -2.50. The van der Waals surface area contributed by atoms with Gasteiger partial charge in [0.05, 0.1) is 18.3 Å². The SMILES string of the molecule is CC(C)(C)[C@@H](C(=O)N1C[C@H](O)C[C@H]1C(=O)NCc1nncn1-c1ccccc1)n1cc(C2CC2)nn1. The number of β-amino-alcohol motifs (C(OH)–C–C–N with tert-alkyl or cyclic N) is 1. The maximum Gasteiger partial charge on any atom is 0.248 e. The van der Waals surface area contributed by atoms with Gasteiger partial charge in [0.1, 0.15) is 18.4 Å². The molecule has 190 valence electrons. The van der Waals surface area contributed by atoms with Crippen molar-refractivity contribution < 1.29 is 14.7 Å². The second-order valence-corrected chi connectivity index (χ2v) is 10.7. The molecule has 3 aromatic rings. The third-order valence-electron chi connectivity index (χ3n) is 6.78. The summed E-state index contributed by atoms with van der Waals surface area (Å²) in [5, 5.41) is 30.0. The summed E-state index contributed by atoms with van der Waals surface area (Å²) in [6.45, 7) is 6.12. The number of likely N-dealkylation sites (tertiary alicyclic amines) is 1. The van der Waals surface area contributed by atoms with Crippen LogP contribution in [0.1, 0.15) is 63.5 Å². The van der Waals surface area contributed by atoms with Crippen molar-refractivity contribution in [3.05, 3.63) is 54.4 Å². The van der Waals surface area contributed by atoms with Crippen molar-refractivity contribution in [2.24, 2.45) is 5.41 Å². The zero-order valence-electron chi connectivity index (χ0n) is 20.8. The largest absolute Gasteiger partial charge is 0.391 e. The van der Waals surface area contributed by atoms with E-state index < -0.39 is 23.6 Å². The molecule has 36 heavy (non-hydrogen) atoms. The second kappa shape index (κ2) is 9.45. The summed E-state index contributed by atoms with van der Waals surface area (Å²) in [5.41, 5.74) is 1.30. The van der Waals surface area contributed by atoms with Crippen molar-refractivity contribution in [2.75, 3.05) is 6.54 Å². The van der Waals surface area contributed by atoms with Crippen molar-refractivity contribution in [2.45, 2.75) is 70.7 Å². The summed E-state index contributed by atoms with van der Waals surface area (Å²) in [5.74, 6) is 0.389. The number of aliphatic hydroxyl groups is 1. The molecule has 0 unspecified atom stereocenters. The molecule has 2 fully saturated rings. The molecule has 1 aliphatic carbocycles. The number of aliphatic hydroxyl groups excluding tert-OH is 1. The predicted molar refractivity (Wildman–Crippen MR) is 130 cm³/mol. The molecule has 0 radical (unpaired) electrons. The van der Waals surface area contributed by atoms with E-state index in [-0.39, 0.29) is 31.3 Å². The maximum absolute atomic E-state index is 13.8. The molecule has 0 bridgehead atoms. The van der Waals surface area contributed by atoms with Gasteiger partial charge in [-0.2, -0.15) is 0 Å². The molecule has 1 saturated carbocycles. The van der Waals surface area contributed by atoms with Crippen molar-refractivity contribution in [3.63, 3.8) is 0 Å². The van der Waals surface area contributed by atoms with Crippen LogP contribution in [0.15, 0.2) is 42.9 Å². The van der Waals surface area contributed by atoms with E-state index in [0.29, 0.717) is 11.7 Å². The molecule has 1 aromatic carbocycles. The summed E-state index contributed by atoms with van der Waals surface area (Å²) >= 11 is 0. The fraction of sp³-hybridized carbons (Fsp3) is 0.520. The van der Waals surface area contributed by atoms with E-state index >= 15 is 0 Å². The van der Waals surface area contributed by atoms with E-state index in [1.165, 1.54) is 4.90 Å². The highest BCUT2D eigenvalue weighted by atomic mass is 16.3. The molecule has 5 rings (SSSR count). The van der Waals surface area contributed by atoms with E-state index in [2.05, 4.69) is 25.8 Å².